The number of rotatable bonds is 5. The van der Waals surface area contributed by atoms with Crippen LogP contribution in [0.1, 0.15) is 28.2 Å². The zero-order chi connectivity index (χ0) is 19.4. The van der Waals surface area contributed by atoms with Crippen molar-refractivity contribution >= 4 is 28.5 Å². The van der Waals surface area contributed by atoms with E-state index in [0.717, 1.165) is 5.56 Å². The van der Waals surface area contributed by atoms with E-state index in [-0.39, 0.29) is 17.9 Å². The Morgan fingerprint density at radius 2 is 1.96 bits per heavy atom. The number of aromatic amines is 1. The van der Waals surface area contributed by atoms with E-state index in [2.05, 4.69) is 15.3 Å². The lowest BCUT2D eigenvalue weighted by Crippen LogP contribution is -2.17. The van der Waals surface area contributed by atoms with E-state index in [1.807, 2.05) is 13.0 Å². The lowest BCUT2D eigenvalue weighted by molar-refractivity contribution is -0.116. The third-order valence-corrected chi connectivity index (χ3v) is 4.18. The van der Waals surface area contributed by atoms with Crippen LogP contribution < -0.4 is 10.9 Å². The Morgan fingerprint density at radius 1 is 1.19 bits per heavy atom. The molecule has 0 radical (unpaired) electrons. The maximum atomic E-state index is 12.3. The number of aryl methyl sites for hydroxylation is 2. The minimum Gasteiger partial charge on any atom is -0.465 e. The molecule has 0 aliphatic carbocycles. The molecule has 0 spiro atoms. The molecule has 3 rings (SSSR count). The van der Waals surface area contributed by atoms with E-state index in [1.54, 1.807) is 36.4 Å². The van der Waals surface area contributed by atoms with Crippen LogP contribution in [0.4, 0.5) is 5.69 Å². The van der Waals surface area contributed by atoms with E-state index in [0.29, 0.717) is 34.4 Å². The largest absolute Gasteiger partial charge is 0.465 e. The van der Waals surface area contributed by atoms with Gasteiger partial charge in [-0.15, -0.1) is 0 Å². The molecule has 7 nitrogen and oxygen atoms in total. The fourth-order valence-electron chi connectivity index (χ4n) is 2.70. The van der Waals surface area contributed by atoms with Crippen LogP contribution in [-0.2, 0) is 16.0 Å². The quantitative estimate of drug-likeness (QED) is 0.677. The second kappa shape index (κ2) is 7.82. The molecule has 1 amide bonds. The van der Waals surface area contributed by atoms with Crippen molar-refractivity contribution in [3.8, 4) is 0 Å². The number of hydrogen-bond donors (Lipinski definition) is 2. The van der Waals surface area contributed by atoms with Gasteiger partial charge in [0.1, 0.15) is 5.82 Å². The minimum absolute atomic E-state index is 0.142. The van der Waals surface area contributed by atoms with Crippen molar-refractivity contribution in [3.05, 3.63) is 69.8 Å². The Morgan fingerprint density at radius 3 is 2.74 bits per heavy atom. The van der Waals surface area contributed by atoms with Crippen LogP contribution in [0.3, 0.4) is 0 Å². The van der Waals surface area contributed by atoms with Crippen molar-refractivity contribution < 1.29 is 14.3 Å². The van der Waals surface area contributed by atoms with Gasteiger partial charge in [-0.2, -0.15) is 0 Å². The van der Waals surface area contributed by atoms with Crippen molar-refractivity contribution in [3.63, 3.8) is 0 Å². The summed E-state index contributed by atoms with van der Waals surface area (Å²) in [5, 5.41) is 3.30. The Kier molecular flexibility index (Phi) is 5.30. The lowest BCUT2D eigenvalue weighted by atomic mass is 10.1. The zero-order valence-electron chi connectivity index (χ0n) is 15.0. The van der Waals surface area contributed by atoms with Gasteiger partial charge in [0.25, 0.3) is 5.56 Å². The number of anilines is 1. The molecule has 7 heteroatoms. The number of nitrogens with one attached hydrogen (secondary N) is 2. The number of carbonyl (C=O) groups excluding carboxylic acids is 2. The highest BCUT2D eigenvalue weighted by Gasteiger charge is 2.11. The first-order valence-corrected chi connectivity index (χ1v) is 8.44. The number of aromatic nitrogens is 2. The van der Waals surface area contributed by atoms with Gasteiger partial charge in [0.2, 0.25) is 5.91 Å². The first kappa shape index (κ1) is 18.3. The number of nitrogens with zero attached hydrogens (tertiary/aromatic N) is 1. The Bertz CT molecular complexity index is 1070. The number of amides is 1. The van der Waals surface area contributed by atoms with Gasteiger partial charge < -0.3 is 15.0 Å². The maximum Gasteiger partial charge on any atom is 0.337 e. The van der Waals surface area contributed by atoms with E-state index in [1.165, 1.54) is 7.11 Å². The van der Waals surface area contributed by atoms with Gasteiger partial charge >= 0.3 is 5.97 Å². The number of esters is 1. The van der Waals surface area contributed by atoms with Crippen molar-refractivity contribution in [1.29, 1.82) is 0 Å². The number of methoxy groups -OCH3 is 1. The molecule has 1 heterocycles. The molecule has 0 saturated heterocycles. The number of carbonyl (C=O) groups is 2. The highest BCUT2D eigenvalue weighted by Crippen LogP contribution is 2.18. The second-order valence-electron chi connectivity index (χ2n) is 6.10. The fraction of sp³-hybridized carbons (Fsp3) is 0.200. The molecule has 0 aliphatic rings. The summed E-state index contributed by atoms with van der Waals surface area (Å²) in [6.07, 6.45) is 0.435. The second-order valence-corrected chi connectivity index (χ2v) is 6.10. The van der Waals surface area contributed by atoms with Crippen molar-refractivity contribution in [2.75, 3.05) is 12.4 Å². The number of ether oxygens (including phenoxy) is 1. The highest BCUT2D eigenvalue weighted by atomic mass is 16.5. The normalized spacial score (nSPS) is 10.6. The predicted octanol–water partition coefficient (Wildman–Crippen LogP) is 2.59. The molecule has 0 unspecified atom stereocenters. The molecule has 2 N–H and O–H groups in total. The van der Waals surface area contributed by atoms with Crippen LogP contribution in [0.25, 0.3) is 10.9 Å². The molecule has 0 saturated carbocycles. The SMILES string of the molecule is COC(=O)c1ccc(C)c(NC(=O)CCc2nc3ccccc3c(=O)[nH]2)c1. The molecule has 3 aromatic rings. The average molecular weight is 365 g/mol. The Balaban J connectivity index is 1.70. The standard InChI is InChI=1S/C20H19N3O4/c1-12-7-8-13(20(26)27-2)11-16(12)22-18(24)10-9-17-21-15-6-4-3-5-14(15)19(25)23-17/h3-8,11H,9-10H2,1-2H3,(H,22,24)(H,21,23,25). The summed E-state index contributed by atoms with van der Waals surface area (Å²) < 4.78 is 4.69. The van der Waals surface area contributed by atoms with E-state index < -0.39 is 5.97 Å². The van der Waals surface area contributed by atoms with Crippen LogP contribution in [0.2, 0.25) is 0 Å². The summed E-state index contributed by atoms with van der Waals surface area (Å²) >= 11 is 0. The van der Waals surface area contributed by atoms with E-state index >= 15 is 0 Å². The van der Waals surface area contributed by atoms with Gasteiger partial charge in [-0.25, -0.2) is 9.78 Å². The fourth-order valence-corrected chi connectivity index (χ4v) is 2.70. The summed E-state index contributed by atoms with van der Waals surface area (Å²) in [5.74, 6) is -0.256. The predicted molar refractivity (Wildman–Crippen MR) is 102 cm³/mol. The van der Waals surface area contributed by atoms with Gasteiger partial charge in [0, 0.05) is 18.5 Å². The smallest absolute Gasteiger partial charge is 0.337 e. The topological polar surface area (TPSA) is 101 Å². The summed E-state index contributed by atoms with van der Waals surface area (Å²) in [6, 6.07) is 12.0. The van der Waals surface area contributed by atoms with Crippen LogP contribution in [-0.4, -0.2) is 29.0 Å². The Hall–Kier alpha value is -3.48. The van der Waals surface area contributed by atoms with E-state index in [4.69, 9.17) is 4.74 Å². The van der Waals surface area contributed by atoms with Gasteiger partial charge in [-0.3, -0.25) is 9.59 Å². The molecule has 0 aliphatic heterocycles. The number of fused-ring (bicyclic) bond motifs is 1. The van der Waals surface area contributed by atoms with Crippen molar-refractivity contribution in [1.82, 2.24) is 9.97 Å². The minimum atomic E-state index is -0.469. The number of para-hydroxylation sites is 1. The molecule has 27 heavy (non-hydrogen) atoms. The first-order chi connectivity index (χ1) is 13.0. The third kappa shape index (κ3) is 4.20. The molecule has 1 aromatic heterocycles. The molecular formula is C20H19N3O4. The molecule has 0 bridgehead atoms. The number of hydrogen-bond acceptors (Lipinski definition) is 5. The maximum absolute atomic E-state index is 12.3. The number of benzene rings is 2. The van der Waals surface area contributed by atoms with E-state index in [9.17, 15) is 14.4 Å². The number of H-pyrrole nitrogens is 1. The van der Waals surface area contributed by atoms with Gasteiger partial charge in [-0.1, -0.05) is 18.2 Å². The van der Waals surface area contributed by atoms with Gasteiger partial charge in [0.05, 0.1) is 23.6 Å². The van der Waals surface area contributed by atoms with Gasteiger partial charge in [0.15, 0.2) is 0 Å². The van der Waals surface area contributed by atoms with Crippen LogP contribution in [0.5, 0.6) is 0 Å². The molecule has 0 atom stereocenters. The van der Waals surface area contributed by atoms with Gasteiger partial charge in [-0.05, 0) is 36.8 Å². The van der Waals surface area contributed by atoms with Crippen LogP contribution >= 0.6 is 0 Å². The average Bonchev–Trinajstić information content (AvgIpc) is 2.67. The molecule has 138 valence electrons. The monoisotopic (exact) mass is 365 g/mol. The molecular weight excluding hydrogens is 346 g/mol. The van der Waals surface area contributed by atoms with Crippen molar-refractivity contribution in [2.45, 2.75) is 19.8 Å². The zero-order valence-corrected chi connectivity index (χ0v) is 15.0. The Labute approximate surface area is 155 Å². The molecule has 0 fully saturated rings. The molecule has 2 aromatic carbocycles. The summed E-state index contributed by atoms with van der Waals surface area (Å²) in [4.78, 5) is 43.1. The summed E-state index contributed by atoms with van der Waals surface area (Å²) in [7, 11) is 1.30. The summed E-state index contributed by atoms with van der Waals surface area (Å²) in [5.41, 5.74) is 2.10. The first-order valence-electron chi connectivity index (χ1n) is 8.44. The highest BCUT2D eigenvalue weighted by molar-refractivity contribution is 5.95. The third-order valence-electron chi connectivity index (χ3n) is 4.18. The summed E-state index contributed by atoms with van der Waals surface area (Å²) in [6.45, 7) is 1.83. The van der Waals surface area contributed by atoms with Crippen molar-refractivity contribution in [2.24, 2.45) is 0 Å². The van der Waals surface area contributed by atoms with Crippen LogP contribution in [0, 0.1) is 6.92 Å². The van der Waals surface area contributed by atoms with Crippen LogP contribution in [0.15, 0.2) is 47.3 Å². The lowest BCUT2D eigenvalue weighted by Gasteiger charge is -2.10.